The van der Waals surface area contributed by atoms with Crippen LogP contribution in [0.2, 0.25) is 5.02 Å². The molecule has 0 amide bonds. The van der Waals surface area contributed by atoms with E-state index in [0.717, 1.165) is 0 Å². The van der Waals surface area contributed by atoms with Crippen LogP contribution >= 0.6 is 11.6 Å². The first-order chi connectivity index (χ1) is 6.54. The van der Waals surface area contributed by atoms with E-state index < -0.39 is 6.61 Å². The van der Waals surface area contributed by atoms with Crippen LogP contribution in [0.4, 0.5) is 14.5 Å². The predicted octanol–water partition coefficient (Wildman–Crippen LogP) is 2.40. The summed E-state index contributed by atoms with van der Waals surface area (Å²) in [4.78, 5) is 0. The highest BCUT2D eigenvalue weighted by atomic mass is 35.5. The molecular weight excluding hydrogens is 214 g/mol. The lowest BCUT2D eigenvalue weighted by Crippen LogP contribution is -2.04. The lowest BCUT2D eigenvalue weighted by atomic mass is 10.2. The molecule has 0 spiro atoms. The van der Waals surface area contributed by atoms with Crippen molar-refractivity contribution in [1.82, 2.24) is 0 Å². The molecule has 1 rings (SSSR count). The van der Waals surface area contributed by atoms with Crippen LogP contribution in [0.25, 0.3) is 0 Å². The fourth-order valence-electron chi connectivity index (χ4n) is 0.906. The number of ether oxygens (including phenoxy) is 1. The largest absolute Gasteiger partial charge is 0.432 e. The lowest BCUT2D eigenvalue weighted by molar-refractivity contribution is -0.0499. The van der Waals surface area contributed by atoms with Crippen molar-refractivity contribution >= 4 is 17.3 Å². The Morgan fingerprint density at radius 1 is 1.50 bits per heavy atom. The van der Waals surface area contributed by atoms with Crippen LogP contribution in [0, 0.1) is 11.3 Å². The van der Waals surface area contributed by atoms with Crippen molar-refractivity contribution in [3.05, 3.63) is 22.7 Å². The summed E-state index contributed by atoms with van der Waals surface area (Å²) in [6.45, 7) is -3.02. The minimum atomic E-state index is -3.02. The Balaban J connectivity index is 3.20. The van der Waals surface area contributed by atoms with E-state index in [9.17, 15) is 8.78 Å². The summed E-state index contributed by atoms with van der Waals surface area (Å²) in [7, 11) is 0. The molecule has 14 heavy (non-hydrogen) atoms. The molecule has 0 saturated heterocycles. The first-order valence-electron chi connectivity index (χ1n) is 3.48. The van der Waals surface area contributed by atoms with Gasteiger partial charge in [-0.15, -0.1) is 0 Å². The van der Waals surface area contributed by atoms with Gasteiger partial charge >= 0.3 is 6.61 Å². The van der Waals surface area contributed by atoms with E-state index >= 15 is 0 Å². The van der Waals surface area contributed by atoms with Crippen molar-refractivity contribution in [1.29, 1.82) is 5.26 Å². The highest BCUT2D eigenvalue weighted by Crippen LogP contribution is 2.32. The standard InChI is InChI=1S/C8H5ClF2N2O/c9-6-2-5(13)1-4(3-12)7(6)14-8(10)11/h1-2,8H,13H2. The summed E-state index contributed by atoms with van der Waals surface area (Å²) in [5, 5.41) is 8.48. The van der Waals surface area contributed by atoms with Gasteiger partial charge in [0.25, 0.3) is 0 Å². The van der Waals surface area contributed by atoms with Crippen molar-refractivity contribution in [3.63, 3.8) is 0 Å². The van der Waals surface area contributed by atoms with Crippen LogP contribution < -0.4 is 10.5 Å². The van der Waals surface area contributed by atoms with Crippen molar-refractivity contribution in [3.8, 4) is 11.8 Å². The summed E-state index contributed by atoms with van der Waals surface area (Å²) in [5.74, 6) is -0.349. The predicted molar refractivity (Wildman–Crippen MR) is 47.2 cm³/mol. The molecule has 0 saturated carbocycles. The van der Waals surface area contributed by atoms with Gasteiger partial charge < -0.3 is 10.5 Å². The molecule has 74 valence electrons. The second-order valence-electron chi connectivity index (χ2n) is 2.37. The molecule has 2 N–H and O–H groups in total. The Kier molecular flexibility index (Phi) is 3.10. The Hall–Kier alpha value is -1.54. The fourth-order valence-corrected chi connectivity index (χ4v) is 1.18. The van der Waals surface area contributed by atoms with Gasteiger partial charge in [0, 0.05) is 5.69 Å². The number of hydrogen-bond acceptors (Lipinski definition) is 3. The molecule has 0 aliphatic rings. The summed E-state index contributed by atoms with van der Waals surface area (Å²) < 4.78 is 27.9. The zero-order valence-corrected chi connectivity index (χ0v) is 7.55. The van der Waals surface area contributed by atoms with Crippen molar-refractivity contribution in [2.75, 3.05) is 5.73 Å². The van der Waals surface area contributed by atoms with E-state index in [2.05, 4.69) is 4.74 Å². The number of hydrogen-bond donors (Lipinski definition) is 1. The Bertz CT molecular complexity index is 390. The van der Waals surface area contributed by atoms with Crippen LogP contribution in [-0.2, 0) is 0 Å². The molecular formula is C8H5ClF2N2O. The van der Waals surface area contributed by atoms with Crippen LogP contribution in [0.1, 0.15) is 5.56 Å². The summed E-state index contributed by atoms with van der Waals surface area (Å²) in [5.41, 5.74) is 5.46. The Morgan fingerprint density at radius 2 is 2.14 bits per heavy atom. The van der Waals surface area contributed by atoms with Gasteiger partial charge in [-0.3, -0.25) is 0 Å². The maximum Gasteiger partial charge on any atom is 0.387 e. The van der Waals surface area contributed by atoms with Crippen molar-refractivity contribution < 1.29 is 13.5 Å². The van der Waals surface area contributed by atoms with Crippen molar-refractivity contribution in [2.24, 2.45) is 0 Å². The third kappa shape index (κ3) is 2.24. The number of halogens is 3. The summed E-state index contributed by atoms with van der Waals surface area (Å²) in [6, 6.07) is 4.11. The van der Waals surface area contributed by atoms with Gasteiger partial charge in [-0.05, 0) is 12.1 Å². The van der Waals surface area contributed by atoms with Crippen molar-refractivity contribution in [2.45, 2.75) is 6.61 Å². The molecule has 0 bridgehead atoms. The van der Waals surface area contributed by atoms with E-state index in [1.807, 2.05) is 0 Å². The number of nitrogens with zero attached hydrogens (tertiary/aromatic N) is 1. The highest BCUT2D eigenvalue weighted by molar-refractivity contribution is 6.32. The summed E-state index contributed by atoms with van der Waals surface area (Å²) >= 11 is 5.57. The quantitative estimate of drug-likeness (QED) is 0.776. The van der Waals surface area contributed by atoms with Gasteiger partial charge in [-0.2, -0.15) is 14.0 Å². The van der Waals surface area contributed by atoms with E-state index in [1.165, 1.54) is 12.1 Å². The number of alkyl halides is 2. The first kappa shape index (κ1) is 10.5. The number of anilines is 1. The minimum Gasteiger partial charge on any atom is -0.432 e. The molecule has 0 aromatic heterocycles. The lowest BCUT2D eigenvalue weighted by Gasteiger charge is -2.08. The van der Waals surface area contributed by atoms with Gasteiger partial charge in [-0.1, -0.05) is 11.6 Å². The van der Waals surface area contributed by atoms with Gasteiger partial charge in [0.2, 0.25) is 0 Å². The number of nitrogens with two attached hydrogens (primary N) is 1. The molecule has 6 heteroatoms. The van der Waals surface area contributed by atoms with Crippen LogP contribution in [0.3, 0.4) is 0 Å². The average Bonchev–Trinajstić information content (AvgIpc) is 2.08. The van der Waals surface area contributed by atoms with Crippen LogP contribution in [-0.4, -0.2) is 6.61 Å². The van der Waals surface area contributed by atoms with E-state index in [1.54, 1.807) is 6.07 Å². The van der Waals surface area contributed by atoms with Gasteiger partial charge in [0.05, 0.1) is 10.6 Å². The molecule has 1 aromatic rings. The van der Waals surface area contributed by atoms with E-state index in [0.29, 0.717) is 0 Å². The smallest absolute Gasteiger partial charge is 0.387 e. The SMILES string of the molecule is N#Cc1cc(N)cc(Cl)c1OC(F)F. The Morgan fingerprint density at radius 3 is 2.64 bits per heavy atom. The molecule has 3 nitrogen and oxygen atoms in total. The topological polar surface area (TPSA) is 59.0 Å². The van der Waals surface area contributed by atoms with Gasteiger partial charge in [0.1, 0.15) is 6.07 Å². The first-order valence-corrected chi connectivity index (χ1v) is 3.86. The molecule has 0 radical (unpaired) electrons. The molecule has 0 atom stereocenters. The summed E-state index contributed by atoms with van der Waals surface area (Å²) in [6.07, 6.45) is 0. The number of benzene rings is 1. The molecule has 0 aliphatic heterocycles. The molecule has 1 aromatic carbocycles. The monoisotopic (exact) mass is 218 g/mol. The number of rotatable bonds is 2. The molecule has 0 unspecified atom stereocenters. The van der Waals surface area contributed by atoms with E-state index in [-0.39, 0.29) is 22.0 Å². The molecule has 0 heterocycles. The molecule has 0 aliphatic carbocycles. The van der Waals surface area contributed by atoms with Gasteiger partial charge in [-0.25, -0.2) is 0 Å². The fraction of sp³-hybridized carbons (Fsp3) is 0.125. The molecule has 0 fully saturated rings. The number of nitrogen functional groups attached to an aromatic ring is 1. The second kappa shape index (κ2) is 4.11. The highest BCUT2D eigenvalue weighted by Gasteiger charge is 2.14. The zero-order valence-electron chi connectivity index (χ0n) is 6.80. The average molecular weight is 219 g/mol. The minimum absolute atomic E-state index is 0.109. The third-order valence-electron chi connectivity index (χ3n) is 1.39. The normalized spacial score (nSPS) is 9.93. The number of nitriles is 1. The maximum atomic E-state index is 11.9. The van der Waals surface area contributed by atoms with E-state index in [4.69, 9.17) is 22.6 Å². The van der Waals surface area contributed by atoms with Gasteiger partial charge in [0.15, 0.2) is 5.75 Å². The van der Waals surface area contributed by atoms with Crippen LogP contribution in [0.5, 0.6) is 5.75 Å². The maximum absolute atomic E-state index is 11.9. The second-order valence-corrected chi connectivity index (χ2v) is 2.78. The van der Waals surface area contributed by atoms with Crippen LogP contribution in [0.15, 0.2) is 12.1 Å². The third-order valence-corrected chi connectivity index (χ3v) is 1.67. The Labute approximate surface area is 83.6 Å². The zero-order chi connectivity index (χ0) is 10.7.